The average Bonchev–Trinajstić information content (AvgIpc) is 3.44. The van der Waals surface area contributed by atoms with Crippen molar-refractivity contribution in [1.29, 1.82) is 0 Å². The zero-order valence-corrected chi connectivity index (χ0v) is 21.5. The first-order chi connectivity index (χ1) is 17.2. The lowest BCUT2D eigenvalue weighted by molar-refractivity contribution is -0.126. The van der Waals surface area contributed by atoms with E-state index in [1.165, 1.54) is 5.69 Å². The van der Waals surface area contributed by atoms with Crippen LogP contribution in [0, 0.1) is 24.6 Å². The predicted molar refractivity (Wildman–Crippen MR) is 141 cm³/mol. The number of benzene rings is 1. The van der Waals surface area contributed by atoms with Crippen molar-refractivity contribution in [3.63, 3.8) is 0 Å². The summed E-state index contributed by atoms with van der Waals surface area (Å²) in [6.45, 7) is 10.1. The first-order valence-electron chi connectivity index (χ1n) is 12.8. The number of nitrogens with zero attached hydrogens (tertiary/aromatic N) is 4. The van der Waals surface area contributed by atoms with Gasteiger partial charge in [-0.1, -0.05) is 12.2 Å². The van der Waals surface area contributed by atoms with Crippen LogP contribution in [0.2, 0.25) is 0 Å². The van der Waals surface area contributed by atoms with Gasteiger partial charge in [0.1, 0.15) is 5.54 Å². The van der Waals surface area contributed by atoms with Gasteiger partial charge in [-0.3, -0.25) is 4.79 Å². The lowest BCUT2D eigenvalue weighted by atomic mass is 9.83. The molecule has 0 spiro atoms. The van der Waals surface area contributed by atoms with Gasteiger partial charge in [0, 0.05) is 49.5 Å². The van der Waals surface area contributed by atoms with Crippen LogP contribution in [0.5, 0.6) is 0 Å². The minimum absolute atomic E-state index is 0.00297. The highest BCUT2D eigenvalue weighted by Gasteiger charge is 2.54. The average molecular weight is 494 g/mol. The van der Waals surface area contributed by atoms with Crippen LogP contribution in [-0.4, -0.2) is 65.6 Å². The van der Waals surface area contributed by atoms with Crippen LogP contribution in [0.15, 0.2) is 36.5 Å². The second kappa shape index (κ2) is 9.69. The van der Waals surface area contributed by atoms with E-state index >= 15 is 0 Å². The summed E-state index contributed by atoms with van der Waals surface area (Å²) in [7, 11) is 2.15. The number of aromatic nitrogens is 2. The van der Waals surface area contributed by atoms with E-state index in [0.717, 1.165) is 50.0 Å². The number of amides is 1. The predicted octanol–water partition coefficient (Wildman–Crippen LogP) is 3.69. The van der Waals surface area contributed by atoms with E-state index in [4.69, 9.17) is 0 Å². The molecule has 3 atom stereocenters. The van der Waals surface area contributed by atoms with E-state index in [0.29, 0.717) is 12.3 Å². The van der Waals surface area contributed by atoms with Gasteiger partial charge in [0.15, 0.2) is 11.6 Å². The van der Waals surface area contributed by atoms with Crippen molar-refractivity contribution in [1.82, 2.24) is 20.2 Å². The van der Waals surface area contributed by atoms with Crippen molar-refractivity contribution >= 4 is 29.0 Å². The van der Waals surface area contributed by atoms with Gasteiger partial charge in [0.05, 0.1) is 6.20 Å². The van der Waals surface area contributed by atoms with E-state index in [1.54, 1.807) is 0 Å². The SMILES string of the molecule is Cc1cc(Nc2ncc(F)c(NC3(C(=O)NC(C)C)CC4C=CC3C4)n2)ccc1N1CCN(C)CC1. The smallest absolute Gasteiger partial charge is 0.246 e. The van der Waals surface area contributed by atoms with Crippen molar-refractivity contribution in [3.05, 3.63) is 47.9 Å². The fraction of sp³-hybridized carbons (Fsp3) is 0.519. The fourth-order valence-electron chi connectivity index (χ4n) is 5.70. The Morgan fingerprint density at radius 2 is 1.97 bits per heavy atom. The summed E-state index contributed by atoms with van der Waals surface area (Å²) in [4.78, 5) is 26.6. The molecule has 9 heteroatoms. The first-order valence-corrected chi connectivity index (χ1v) is 12.8. The zero-order chi connectivity index (χ0) is 25.4. The number of hydrogen-bond acceptors (Lipinski definition) is 7. The van der Waals surface area contributed by atoms with Gasteiger partial charge in [0.2, 0.25) is 11.9 Å². The molecular formula is C27H36FN7O. The first kappa shape index (κ1) is 24.5. The molecule has 1 aromatic carbocycles. The monoisotopic (exact) mass is 493 g/mol. The van der Waals surface area contributed by atoms with Gasteiger partial charge in [-0.05, 0) is 70.3 Å². The van der Waals surface area contributed by atoms with Crippen LogP contribution in [0.25, 0.3) is 0 Å². The van der Waals surface area contributed by atoms with Crippen LogP contribution >= 0.6 is 0 Å². The van der Waals surface area contributed by atoms with Crippen molar-refractivity contribution in [2.75, 3.05) is 48.8 Å². The normalized spacial score (nSPS) is 25.4. The highest BCUT2D eigenvalue weighted by atomic mass is 19.1. The molecule has 36 heavy (non-hydrogen) atoms. The quantitative estimate of drug-likeness (QED) is 0.507. The number of hydrogen-bond donors (Lipinski definition) is 3. The Kier molecular flexibility index (Phi) is 6.59. The summed E-state index contributed by atoms with van der Waals surface area (Å²) in [6.07, 6.45) is 6.89. The molecule has 3 unspecified atom stereocenters. The third-order valence-corrected chi connectivity index (χ3v) is 7.60. The number of likely N-dealkylation sites (N-methyl/N-ethyl adjacent to an activating group) is 1. The van der Waals surface area contributed by atoms with Crippen LogP contribution in [-0.2, 0) is 4.79 Å². The Morgan fingerprint density at radius 1 is 1.19 bits per heavy atom. The van der Waals surface area contributed by atoms with Crippen molar-refractivity contribution in [2.45, 2.75) is 45.2 Å². The van der Waals surface area contributed by atoms with Gasteiger partial charge in [-0.15, -0.1) is 0 Å². The van der Waals surface area contributed by atoms with Crippen LogP contribution in [0.4, 0.5) is 27.5 Å². The van der Waals surface area contributed by atoms with Crippen molar-refractivity contribution < 1.29 is 9.18 Å². The molecule has 1 aliphatic heterocycles. The maximum Gasteiger partial charge on any atom is 0.246 e. The Balaban J connectivity index is 1.35. The summed E-state index contributed by atoms with van der Waals surface area (Å²) >= 11 is 0. The third-order valence-electron chi connectivity index (χ3n) is 7.60. The number of allylic oxidation sites excluding steroid dienone is 1. The summed E-state index contributed by atoms with van der Waals surface area (Å²) in [5.41, 5.74) is 2.29. The molecule has 1 saturated carbocycles. The number of rotatable bonds is 7. The Bertz CT molecular complexity index is 1160. The minimum Gasteiger partial charge on any atom is -0.369 e. The summed E-state index contributed by atoms with van der Waals surface area (Å²) < 4.78 is 14.9. The molecule has 2 aliphatic carbocycles. The second-order valence-corrected chi connectivity index (χ2v) is 10.7. The molecule has 2 heterocycles. The Hall–Kier alpha value is -3.20. The largest absolute Gasteiger partial charge is 0.369 e. The summed E-state index contributed by atoms with van der Waals surface area (Å²) in [6, 6.07) is 6.16. The molecule has 192 valence electrons. The van der Waals surface area contributed by atoms with Crippen molar-refractivity contribution in [2.24, 2.45) is 11.8 Å². The van der Waals surface area contributed by atoms with E-state index in [1.807, 2.05) is 19.9 Å². The number of fused-ring (bicyclic) bond motifs is 2. The molecule has 0 radical (unpaired) electrons. The number of piperazine rings is 1. The van der Waals surface area contributed by atoms with Crippen molar-refractivity contribution in [3.8, 4) is 0 Å². The van der Waals surface area contributed by atoms with Gasteiger partial charge in [-0.2, -0.15) is 4.98 Å². The van der Waals surface area contributed by atoms with Crippen LogP contribution in [0.1, 0.15) is 32.3 Å². The molecule has 2 fully saturated rings. The van der Waals surface area contributed by atoms with Gasteiger partial charge in [-0.25, -0.2) is 9.37 Å². The van der Waals surface area contributed by atoms with Gasteiger partial charge in [0.25, 0.3) is 0 Å². The molecule has 3 N–H and O–H groups in total. The van der Waals surface area contributed by atoms with Gasteiger partial charge < -0.3 is 25.8 Å². The molecule has 8 nitrogen and oxygen atoms in total. The molecule has 1 saturated heterocycles. The Labute approximate surface area is 212 Å². The standard InChI is InChI=1S/C27H36FN7O/c1-17(2)30-25(36)27(15-19-5-6-20(27)14-19)33-24-22(28)16-29-26(32-24)31-21-7-8-23(18(3)13-21)35-11-9-34(4)10-12-35/h5-8,13,16-17,19-20H,9-12,14-15H2,1-4H3,(H,30,36)(H2,29,31,32,33). The lowest BCUT2D eigenvalue weighted by Gasteiger charge is -2.36. The number of carbonyl (C=O) groups excluding carboxylic acids is 1. The molecule has 1 amide bonds. The molecule has 2 aromatic rings. The highest BCUT2D eigenvalue weighted by Crippen LogP contribution is 2.48. The third kappa shape index (κ3) is 4.76. The number of halogens is 1. The molecule has 1 aromatic heterocycles. The number of carbonyl (C=O) groups is 1. The topological polar surface area (TPSA) is 85.4 Å². The molecule has 2 bridgehead atoms. The second-order valence-electron chi connectivity index (χ2n) is 10.7. The zero-order valence-electron chi connectivity index (χ0n) is 21.5. The van der Waals surface area contributed by atoms with E-state index in [-0.39, 0.29) is 29.6 Å². The number of anilines is 4. The Morgan fingerprint density at radius 3 is 2.61 bits per heavy atom. The van der Waals surface area contributed by atoms with Gasteiger partial charge >= 0.3 is 0 Å². The lowest BCUT2D eigenvalue weighted by Crippen LogP contribution is -2.56. The van der Waals surface area contributed by atoms with E-state index in [9.17, 15) is 9.18 Å². The molecule has 3 aliphatic rings. The molecule has 5 rings (SSSR count). The van der Waals surface area contributed by atoms with Crippen LogP contribution < -0.4 is 20.9 Å². The highest BCUT2D eigenvalue weighted by molar-refractivity contribution is 5.91. The number of nitrogens with one attached hydrogen (secondary N) is 3. The fourth-order valence-corrected chi connectivity index (χ4v) is 5.70. The minimum atomic E-state index is -0.920. The summed E-state index contributed by atoms with van der Waals surface area (Å²) in [5.74, 6) is -0.0639. The maximum absolute atomic E-state index is 14.9. The maximum atomic E-state index is 14.9. The number of aryl methyl sites for hydroxylation is 1. The molecular weight excluding hydrogens is 457 g/mol. The van der Waals surface area contributed by atoms with E-state index in [2.05, 4.69) is 74.0 Å². The van der Waals surface area contributed by atoms with E-state index < -0.39 is 11.4 Å². The summed E-state index contributed by atoms with van der Waals surface area (Å²) in [5, 5.41) is 9.45. The van der Waals surface area contributed by atoms with Crippen LogP contribution in [0.3, 0.4) is 0 Å².